The van der Waals surface area contributed by atoms with Crippen molar-refractivity contribution in [3.63, 3.8) is 0 Å². The zero-order valence-corrected chi connectivity index (χ0v) is 14.7. The number of carboxylic acid groups (broad SMARTS) is 1. The summed E-state index contributed by atoms with van der Waals surface area (Å²) in [5, 5.41) is 9.63. The molecule has 26 heavy (non-hydrogen) atoms. The second kappa shape index (κ2) is 6.26. The van der Waals surface area contributed by atoms with Crippen LogP contribution in [-0.2, 0) is 14.8 Å². The average molecular weight is 370 g/mol. The summed E-state index contributed by atoms with van der Waals surface area (Å²) >= 11 is 0. The van der Waals surface area contributed by atoms with E-state index in [9.17, 15) is 18.3 Å². The third-order valence-corrected chi connectivity index (χ3v) is 6.24. The van der Waals surface area contributed by atoms with Crippen molar-refractivity contribution in [2.75, 3.05) is 11.4 Å². The molecule has 0 aromatic heterocycles. The lowest BCUT2D eigenvalue weighted by molar-refractivity contribution is -0.130. The lowest BCUT2D eigenvalue weighted by Gasteiger charge is -2.34. The molecule has 134 valence electrons. The van der Waals surface area contributed by atoms with Crippen LogP contribution in [0.1, 0.15) is 24.0 Å². The average Bonchev–Trinajstić information content (AvgIpc) is 3.07. The van der Waals surface area contributed by atoms with E-state index in [1.807, 2.05) is 23.1 Å². The van der Waals surface area contributed by atoms with E-state index >= 15 is 0 Å². The summed E-state index contributed by atoms with van der Waals surface area (Å²) in [6.45, 7) is 0.783. The Morgan fingerprint density at radius 3 is 2.69 bits per heavy atom. The number of nitrogens with one attached hydrogen (secondary N) is 1. The highest BCUT2D eigenvalue weighted by atomic mass is 32.2. The van der Waals surface area contributed by atoms with Crippen LogP contribution in [0, 0.1) is 0 Å². The van der Waals surface area contributed by atoms with Gasteiger partial charge < -0.3 is 10.0 Å². The Hall–Kier alpha value is -2.64. The van der Waals surface area contributed by atoms with Gasteiger partial charge in [0.05, 0.1) is 17.4 Å². The number of carboxylic acids is 1. The number of benzene rings is 2. The number of hydrogen-bond acceptors (Lipinski definition) is 4. The van der Waals surface area contributed by atoms with Crippen molar-refractivity contribution < 1.29 is 18.3 Å². The van der Waals surface area contributed by atoms with Gasteiger partial charge in [0.15, 0.2) is 0 Å². The van der Waals surface area contributed by atoms with Crippen molar-refractivity contribution >= 4 is 33.3 Å². The van der Waals surface area contributed by atoms with Gasteiger partial charge in [-0.25, -0.2) is 13.2 Å². The standard InChI is InChI=1S/C19H18N2O4S/c22-19(23)15(11-13-5-2-1-3-6-13)14-8-9-16-17(12-14)26(24,25)20-18-7-4-10-21(16)18/h1-3,5-6,8-9,11-12,18,20H,4,7,10H2,(H,22,23). The van der Waals surface area contributed by atoms with E-state index in [0.717, 1.165) is 24.9 Å². The molecule has 2 aliphatic rings. The Kier molecular flexibility index (Phi) is 4.05. The smallest absolute Gasteiger partial charge is 0.336 e. The third-order valence-electron chi connectivity index (χ3n) is 4.75. The van der Waals surface area contributed by atoms with Crippen molar-refractivity contribution in [3.8, 4) is 0 Å². The first kappa shape index (κ1) is 16.8. The number of hydrogen-bond donors (Lipinski definition) is 2. The number of rotatable bonds is 3. The Bertz CT molecular complexity index is 999. The van der Waals surface area contributed by atoms with Crippen LogP contribution < -0.4 is 9.62 Å². The maximum atomic E-state index is 12.6. The summed E-state index contributed by atoms with van der Waals surface area (Å²) in [5.41, 5.74) is 1.79. The van der Waals surface area contributed by atoms with E-state index < -0.39 is 16.0 Å². The summed E-state index contributed by atoms with van der Waals surface area (Å²) in [6, 6.07) is 13.9. The molecule has 1 atom stereocenters. The van der Waals surface area contributed by atoms with Crippen molar-refractivity contribution in [3.05, 3.63) is 59.7 Å². The number of nitrogens with zero attached hydrogens (tertiary/aromatic N) is 1. The largest absolute Gasteiger partial charge is 0.478 e. The first-order valence-electron chi connectivity index (χ1n) is 8.39. The predicted octanol–water partition coefficient (Wildman–Crippen LogP) is 2.53. The number of carbonyl (C=O) groups is 1. The maximum Gasteiger partial charge on any atom is 0.336 e. The van der Waals surface area contributed by atoms with E-state index in [1.54, 1.807) is 30.3 Å². The highest BCUT2D eigenvalue weighted by Crippen LogP contribution is 2.37. The van der Waals surface area contributed by atoms with Crippen molar-refractivity contribution in [2.24, 2.45) is 0 Å². The first-order valence-corrected chi connectivity index (χ1v) is 9.87. The Morgan fingerprint density at radius 2 is 1.96 bits per heavy atom. The molecule has 1 unspecified atom stereocenters. The van der Waals surface area contributed by atoms with Gasteiger partial charge in [0.2, 0.25) is 10.0 Å². The lowest BCUT2D eigenvalue weighted by atomic mass is 10.0. The van der Waals surface area contributed by atoms with Crippen molar-refractivity contribution in [2.45, 2.75) is 23.9 Å². The number of anilines is 1. The fourth-order valence-electron chi connectivity index (χ4n) is 3.54. The van der Waals surface area contributed by atoms with E-state index in [2.05, 4.69) is 4.72 Å². The van der Waals surface area contributed by atoms with Crippen LogP contribution in [0.5, 0.6) is 0 Å². The molecule has 0 saturated carbocycles. The summed E-state index contributed by atoms with van der Waals surface area (Å²) in [5.74, 6) is -1.10. The van der Waals surface area contributed by atoms with E-state index in [0.29, 0.717) is 11.3 Å². The Morgan fingerprint density at radius 1 is 1.19 bits per heavy atom. The molecule has 7 heteroatoms. The third kappa shape index (κ3) is 2.89. The SMILES string of the molecule is O=C(O)C(=Cc1ccccc1)c1ccc2c(c1)S(=O)(=O)NC1CCCN21. The Labute approximate surface area is 151 Å². The second-order valence-corrected chi connectivity index (χ2v) is 8.11. The molecule has 0 radical (unpaired) electrons. The Balaban J connectivity index is 1.83. The van der Waals surface area contributed by atoms with Gasteiger partial charge in [-0.05, 0) is 42.2 Å². The zero-order chi connectivity index (χ0) is 18.3. The van der Waals surface area contributed by atoms with Crippen LogP contribution in [0.4, 0.5) is 5.69 Å². The molecule has 4 rings (SSSR count). The fourth-order valence-corrected chi connectivity index (χ4v) is 5.01. The minimum absolute atomic E-state index is 0.0535. The number of sulfonamides is 1. The van der Waals surface area contributed by atoms with E-state index in [4.69, 9.17) is 0 Å². The van der Waals surface area contributed by atoms with Crippen LogP contribution in [-0.4, -0.2) is 32.2 Å². The van der Waals surface area contributed by atoms with Gasteiger partial charge in [-0.15, -0.1) is 0 Å². The van der Waals surface area contributed by atoms with Gasteiger partial charge in [0.1, 0.15) is 4.90 Å². The van der Waals surface area contributed by atoms with Crippen LogP contribution in [0.25, 0.3) is 11.6 Å². The van der Waals surface area contributed by atoms with Crippen LogP contribution in [0.15, 0.2) is 53.4 Å². The minimum atomic E-state index is -3.66. The lowest BCUT2D eigenvalue weighted by Crippen LogP contribution is -2.48. The molecule has 0 bridgehead atoms. The normalized spacial score (nSPS) is 21.2. The molecule has 6 nitrogen and oxygen atoms in total. The summed E-state index contributed by atoms with van der Waals surface area (Å²) in [4.78, 5) is 13.9. The van der Waals surface area contributed by atoms with E-state index in [-0.39, 0.29) is 16.6 Å². The van der Waals surface area contributed by atoms with Crippen molar-refractivity contribution in [1.82, 2.24) is 4.72 Å². The summed E-state index contributed by atoms with van der Waals surface area (Å²) < 4.78 is 27.9. The van der Waals surface area contributed by atoms with Gasteiger partial charge in [-0.1, -0.05) is 36.4 Å². The predicted molar refractivity (Wildman–Crippen MR) is 99.1 cm³/mol. The van der Waals surface area contributed by atoms with Gasteiger partial charge in [0, 0.05) is 6.54 Å². The van der Waals surface area contributed by atoms with Gasteiger partial charge in [-0.2, -0.15) is 4.72 Å². The monoisotopic (exact) mass is 370 g/mol. The molecule has 1 saturated heterocycles. The summed E-state index contributed by atoms with van der Waals surface area (Å²) in [7, 11) is -3.66. The highest BCUT2D eigenvalue weighted by molar-refractivity contribution is 7.89. The fraction of sp³-hybridized carbons (Fsp3) is 0.211. The summed E-state index contributed by atoms with van der Waals surface area (Å²) in [6.07, 6.45) is 3.03. The molecule has 2 N–H and O–H groups in total. The quantitative estimate of drug-likeness (QED) is 0.640. The van der Waals surface area contributed by atoms with Crippen LogP contribution in [0.3, 0.4) is 0 Å². The maximum absolute atomic E-state index is 12.6. The highest BCUT2D eigenvalue weighted by Gasteiger charge is 2.37. The number of aliphatic carboxylic acids is 1. The van der Waals surface area contributed by atoms with E-state index in [1.165, 1.54) is 6.07 Å². The van der Waals surface area contributed by atoms with Gasteiger partial charge >= 0.3 is 5.97 Å². The van der Waals surface area contributed by atoms with Gasteiger partial charge in [0.25, 0.3) is 0 Å². The van der Waals surface area contributed by atoms with Crippen LogP contribution in [0.2, 0.25) is 0 Å². The molecule has 1 fully saturated rings. The molecule has 2 heterocycles. The zero-order valence-electron chi connectivity index (χ0n) is 13.9. The molecule has 0 amide bonds. The molecule has 2 aromatic rings. The van der Waals surface area contributed by atoms with Crippen molar-refractivity contribution in [1.29, 1.82) is 0 Å². The molecule has 2 aliphatic heterocycles. The number of fused-ring (bicyclic) bond motifs is 3. The minimum Gasteiger partial charge on any atom is -0.478 e. The molecular formula is C19H18N2O4S. The second-order valence-electron chi connectivity index (χ2n) is 6.43. The molecule has 0 aliphatic carbocycles. The topological polar surface area (TPSA) is 86.7 Å². The first-order chi connectivity index (χ1) is 12.5. The molecular weight excluding hydrogens is 352 g/mol. The molecule has 0 spiro atoms. The van der Waals surface area contributed by atoms with Gasteiger partial charge in [-0.3, -0.25) is 0 Å². The molecule has 2 aromatic carbocycles. The van der Waals surface area contributed by atoms with Crippen LogP contribution >= 0.6 is 0 Å².